The number of nitrogens with one attached hydrogen (secondary N) is 1. The predicted octanol–water partition coefficient (Wildman–Crippen LogP) is 2.53. The maximum Gasteiger partial charge on any atom is 0.269 e. The average Bonchev–Trinajstić information content (AvgIpc) is 2.84. The van der Waals surface area contributed by atoms with Crippen LogP contribution in [0.15, 0.2) is 30.5 Å². The van der Waals surface area contributed by atoms with Crippen LogP contribution in [-0.2, 0) is 6.54 Å². The Balaban J connectivity index is 1.66. The van der Waals surface area contributed by atoms with E-state index in [1.165, 1.54) is 17.0 Å². The molecule has 0 saturated carbocycles. The summed E-state index contributed by atoms with van der Waals surface area (Å²) in [7, 11) is 0. The summed E-state index contributed by atoms with van der Waals surface area (Å²) >= 11 is 1.67. The molecule has 0 aliphatic heterocycles. The Morgan fingerprint density at radius 3 is 2.75 bits per heavy atom. The Morgan fingerprint density at radius 2 is 2.15 bits per heavy atom. The molecule has 1 heterocycles. The molecule has 0 radical (unpaired) electrons. The van der Waals surface area contributed by atoms with E-state index in [4.69, 9.17) is 4.74 Å². The van der Waals surface area contributed by atoms with Gasteiger partial charge in [-0.05, 0) is 19.1 Å². The fourth-order valence-electron chi connectivity index (χ4n) is 1.60. The SMILES string of the molecule is Cc1ncc(CNCCOc2ccc([N+](=O)[O-])cc2)s1. The molecule has 20 heavy (non-hydrogen) atoms. The molecule has 2 aromatic rings. The average molecular weight is 293 g/mol. The molecule has 0 spiro atoms. The van der Waals surface area contributed by atoms with Crippen molar-refractivity contribution < 1.29 is 9.66 Å². The first kappa shape index (κ1) is 14.4. The van der Waals surface area contributed by atoms with E-state index in [2.05, 4.69) is 10.3 Å². The fraction of sp³-hybridized carbons (Fsp3) is 0.308. The van der Waals surface area contributed by atoms with E-state index in [1.54, 1.807) is 23.5 Å². The molecule has 0 fully saturated rings. The summed E-state index contributed by atoms with van der Waals surface area (Å²) in [6.45, 7) is 3.96. The molecule has 0 unspecified atom stereocenters. The van der Waals surface area contributed by atoms with Crippen LogP contribution < -0.4 is 10.1 Å². The van der Waals surface area contributed by atoms with Crippen molar-refractivity contribution in [1.29, 1.82) is 0 Å². The molecule has 1 aromatic heterocycles. The van der Waals surface area contributed by atoms with E-state index in [0.717, 1.165) is 11.6 Å². The zero-order valence-corrected chi connectivity index (χ0v) is 11.9. The number of aromatic nitrogens is 1. The number of hydrogen-bond donors (Lipinski definition) is 1. The number of ether oxygens (including phenoxy) is 1. The third-order valence-electron chi connectivity index (χ3n) is 2.56. The summed E-state index contributed by atoms with van der Waals surface area (Å²) in [5.74, 6) is 0.631. The van der Waals surface area contributed by atoms with Crippen molar-refractivity contribution in [3.8, 4) is 5.75 Å². The van der Waals surface area contributed by atoms with Gasteiger partial charge in [0.1, 0.15) is 12.4 Å². The van der Waals surface area contributed by atoms with Gasteiger partial charge in [-0.2, -0.15) is 0 Å². The minimum atomic E-state index is -0.428. The number of non-ortho nitro benzene ring substituents is 1. The number of nitro groups is 1. The highest BCUT2D eigenvalue weighted by molar-refractivity contribution is 7.11. The van der Waals surface area contributed by atoms with Crippen molar-refractivity contribution in [2.45, 2.75) is 13.5 Å². The lowest BCUT2D eigenvalue weighted by Gasteiger charge is -2.06. The summed E-state index contributed by atoms with van der Waals surface area (Å²) in [5, 5.41) is 14.8. The molecule has 106 valence electrons. The number of aryl methyl sites for hydroxylation is 1. The molecular weight excluding hydrogens is 278 g/mol. The number of nitro benzene ring substituents is 1. The normalized spacial score (nSPS) is 10.4. The quantitative estimate of drug-likeness (QED) is 0.482. The summed E-state index contributed by atoms with van der Waals surface area (Å²) in [4.78, 5) is 15.4. The van der Waals surface area contributed by atoms with Crippen LogP contribution in [0, 0.1) is 17.0 Å². The highest BCUT2D eigenvalue weighted by Crippen LogP contribution is 2.17. The van der Waals surface area contributed by atoms with Crippen LogP contribution in [0.1, 0.15) is 9.88 Å². The largest absolute Gasteiger partial charge is 0.492 e. The van der Waals surface area contributed by atoms with Crippen LogP contribution in [0.4, 0.5) is 5.69 Å². The second-order valence-electron chi connectivity index (χ2n) is 4.12. The number of hydrogen-bond acceptors (Lipinski definition) is 6. The Labute approximate surface area is 120 Å². The lowest BCUT2D eigenvalue weighted by atomic mass is 10.3. The van der Waals surface area contributed by atoms with Crippen molar-refractivity contribution in [3.05, 3.63) is 50.5 Å². The second-order valence-corrected chi connectivity index (χ2v) is 5.44. The van der Waals surface area contributed by atoms with Gasteiger partial charge in [-0.25, -0.2) is 4.98 Å². The standard InChI is InChI=1S/C13H15N3O3S/c1-10-15-9-13(20-10)8-14-6-7-19-12-4-2-11(3-5-12)16(17)18/h2-5,9,14H,6-8H2,1H3. The van der Waals surface area contributed by atoms with Gasteiger partial charge in [0.25, 0.3) is 5.69 Å². The molecule has 7 heteroatoms. The molecule has 2 rings (SSSR count). The molecule has 1 aromatic carbocycles. The van der Waals surface area contributed by atoms with Crippen molar-refractivity contribution in [2.75, 3.05) is 13.2 Å². The van der Waals surface area contributed by atoms with Crippen LogP contribution in [0.25, 0.3) is 0 Å². The van der Waals surface area contributed by atoms with Crippen LogP contribution >= 0.6 is 11.3 Å². The Morgan fingerprint density at radius 1 is 1.40 bits per heavy atom. The van der Waals surface area contributed by atoms with Gasteiger partial charge in [-0.15, -0.1) is 11.3 Å². The van der Waals surface area contributed by atoms with Gasteiger partial charge in [0.15, 0.2) is 0 Å². The van der Waals surface area contributed by atoms with E-state index in [9.17, 15) is 10.1 Å². The summed E-state index contributed by atoms with van der Waals surface area (Å²) in [6, 6.07) is 6.07. The smallest absolute Gasteiger partial charge is 0.269 e. The number of rotatable bonds is 7. The van der Waals surface area contributed by atoms with Crippen molar-refractivity contribution in [2.24, 2.45) is 0 Å². The molecule has 0 aliphatic rings. The van der Waals surface area contributed by atoms with Gasteiger partial charge in [0.2, 0.25) is 0 Å². The Bertz CT molecular complexity index is 568. The highest BCUT2D eigenvalue weighted by atomic mass is 32.1. The van der Waals surface area contributed by atoms with Gasteiger partial charge < -0.3 is 10.1 Å². The maximum atomic E-state index is 10.5. The van der Waals surface area contributed by atoms with Crippen molar-refractivity contribution in [1.82, 2.24) is 10.3 Å². The Kier molecular flexibility index (Phi) is 5.03. The van der Waals surface area contributed by atoms with E-state index >= 15 is 0 Å². The minimum absolute atomic E-state index is 0.0658. The molecule has 0 amide bonds. The molecular formula is C13H15N3O3S. The fourth-order valence-corrected chi connectivity index (χ4v) is 2.37. The number of benzene rings is 1. The summed E-state index contributed by atoms with van der Waals surface area (Å²) in [5.41, 5.74) is 0.0658. The van der Waals surface area contributed by atoms with Gasteiger partial charge in [-0.3, -0.25) is 10.1 Å². The topological polar surface area (TPSA) is 77.3 Å². The van der Waals surface area contributed by atoms with Crippen LogP contribution in [0.5, 0.6) is 5.75 Å². The van der Waals surface area contributed by atoms with Crippen LogP contribution in [0.2, 0.25) is 0 Å². The second kappa shape index (κ2) is 6.97. The zero-order valence-electron chi connectivity index (χ0n) is 11.0. The van der Waals surface area contributed by atoms with Crippen molar-refractivity contribution >= 4 is 17.0 Å². The van der Waals surface area contributed by atoms with E-state index < -0.39 is 4.92 Å². The monoisotopic (exact) mass is 293 g/mol. The van der Waals surface area contributed by atoms with Gasteiger partial charge in [0.05, 0.1) is 9.93 Å². The molecule has 0 bridgehead atoms. The third kappa shape index (κ3) is 4.29. The Hall–Kier alpha value is -1.99. The maximum absolute atomic E-state index is 10.5. The summed E-state index contributed by atoms with van der Waals surface area (Å²) < 4.78 is 5.49. The van der Waals surface area contributed by atoms with Gasteiger partial charge >= 0.3 is 0 Å². The lowest BCUT2D eigenvalue weighted by molar-refractivity contribution is -0.384. The number of nitrogens with zero attached hydrogens (tertiary/aromatic N) is 2. The van der Waals surface area contributed by atoms with Crippen LogP contribution in [0.3, 0.4) is 0 Å². The third-order valence-corrected chi connectivity index (χ3v) is 3.48. The van der Waals surface area contributed by atoms with Gasteiger partial charge in [0, 0.05) is 36.3 Å². The van der Waals surface area contributed by atoms with Gasteiger partial charge in [-0.1, -0.05) is 0 Å². The molecule has 6 nitrogen and oxygen atoms in total. The molecule has 0 aliphatic carbocycles. The lowest BCUT2D eigenvalue weighted by Crippen LogP contribution is -2.20. The predicted molar refractivity (Wildman–Crippen MR) is 77.1 cm³/mol. The first-order chi connectivity index (χ1) is 9.65. The first-order valence-corrected chi connectivity index (χ1v) is 6.96. The molecule has 1 N–H and O–H groups in total. The number of thiazole rings is 1. The summed E-state index contributed by atoms with van der Waals surface area (Å²) in [6.07, 6.45) is 1.87. The van der Waals surface area contributed by atoms with E-state index in [-0.39, 0.29) is 5.69 Å². The highest BCUT2D eigenvalue weighted by Gasteiger charge is 2.04. The van der Waals surface area contributed by atoms with Crippen LogP contribution in [-0.4, -0.2) is 23.1 Å². The van der Waals surface area contributed by atoms with E-state index in [1.807, 2.05) is 13.1 Å². The van der Waals surface area contributed by atoms with E-state index in [0.29, 0.717) is 18.9 Å². The van der Waals surface area contributed by atoms with Crippen molar-refractivity contribution in [3.63, 3.8) is 0 Å². The minimum Gasteiger partial charge on any atom is -0.492 e. The molecule has 0 atom stereocenters. The molecule has 0 saturated heterocycles. The zero-order chi connectivity index (χ0) is 14.4. The first-order valence-electron chi connectivity index (χ1n) is 6.14.